The molecule has 4 heterocycles. The van der Waals surface area contributed by atoms with Gasteiger partial charge in [-0.05, 0) is 77.9 Å². The molecule has 11 aromatic rings. The van der Waals surface area contributed by atoms with Gasteiger partial charge in [-0.3, -0.25) is 0 Å². The van der Waals surface area contributed by atoms with E-state index in [1.165, 1.54) is 43.7 Å². The minimum atomic E-state index is -0.0423. The molecule has 0 fully saturated rings. The minimum absolute atomic E-state index is 0.0423. The van der Waals surface area contributed by atoms with Gasteiger partial charge in [-0.2, -0.15) is 0 Å². The lowest BCUT2D eigenvalue weighted by atomic mass is 10.00. The lowest BCUT2D eigenvalue weighted by Crippen LogP contribution is -2.31. The molecular weight excluding hydrogens is 697 g/mol. The Bertz CT molecular complexity index is 3420. The first-order chi connectivity index (χ1) is 28.3. The van der Waals surface area contributed by atoms with E-state index in [1.54, 1.807) is 0 Å². The molecule has 8 aromatic carbocycles. The highest BCUT2D eigenvalue weighted by molar-refractivity contribution is 6.27. The Morgan fingerprint density at radius 2 is 1.18 bits per heavy atom. The van der Waals surface area contributed by atoms with Crippen molar-refractivity contribution in [2.45, 2.75) is 6.04 Å². The molecule has 0 radical (unpaired) electrons. The molecule has 3 aromatic heterocycles. The highest BCUT2D eigenvalue weighted by atomic mass is 16.3. The molecule has 57 heavy (non-hydrogen) atoms. The van der Waals surface area contributed by atoms with Crippen LogP contribution in [0, 0.1) is 0 Å². The molecule has 1 aliphatic rings. The van der Waals surface area contributed by atoms with Crippen LogP contribution in [0.4, 0.5) is 0 Å². The zero-order valence-corrected chi connectivity index (χ0v) is 30.8. The maximum absolute atomic E-state index is 6.67. The van der Waals surface area contributed by atoms with Gasteiger partial charge in [-0.25, -0.2) is 4.99 Å². The zero-order chi connectivity index (χ0) is 37.5. The first-order valence-corrected chi connectivity index (χ1v) is 19.4. The summed E-state index contributed by atoms with van der Waals surface area (Å²) < 4.78 is 11.5. The number of benzene rings is 8. The molecule has 5 heteroatoms. The lowest BCUT2D eigenvalue weighted by molar-refractivity contribution is 0.669. The number of aromatic nitrogens is 2. The Hall–Kier alpha value is -7.63. The molecule has 0 bridgehead atoms. The van der Waals surface area contributed by atoms with Crippen molar-refractivity contribution in [3.63, 3.8) is 0 Å². The fourth-order valence-electron chi connectivity index (χ4n) is 9.05. The zero-order valence-electron chi connectivity index (χ0n) is 30.8. The number of hydrogen-bond acceptors (Lipinski definition) is 3. The number of aliphatic imine (C=N–C) groups is 1. The third-order valence-electron chi connectivity index (χ3n) is 11.5. The summed E-state index contributed by atoms with van der Waals surface area (Å²) in [7, 11) is 0. The van der Waals surface area contributed by atoms with Crippen LogP contribution in [0.2, 0.25) is 0 Å². The second-order valence-corrected chi connectivity index (χ2v) is 14.8. The molecule has 1 N–H and O–H groups in total. The third-order valence-corrected chi connectivity index (χ3v) is 11.5. The summed E-state index contributed by atoms with van der Waals surface area (Å²) >= 11 is 0. The maximum Gasteiger partial charge on any atom is 0.137 e. The first-order valence-electron chi connectivity index (χ1n) is 19.4. The number of furan rings is 1. The Morgan fingerprint density at radius 3 is 1.98 bits per heavy atom. The van der Waals surface area contributed by atoms with Crippen LogP contribution >= 0.6 is 0 Å². The summed E-state index contributed by atoms with van der Waals surface area (Å²) in [4.78, 5) is 5.24. The van der Waals surface area contributed by atoms with Crippen molar-refractivity contribution in [2.75, 3.05) is 0 Å². The maximum atomic E-state index is 6.67. The van der Waals surface area contributed by atoms with Gasteiger partial charge in [0.05, 0.1) is 44.9 Å². The van der Waals surface area contributed by atoms with E-state index in [2.05, 4.69) is 203 Å². The van der Waals surface area contributed by atoms with Crippen LogP contribution in [0.25, 0.3) is 82.6 Å². The molecule has 1 aliphatic heterocycles. The van der Waals surface area contributed by atoms with E-state index in [-0.39, 0.29) is 6.04 Å². The van der Waals surface area contributed by atoms with Gasteiger partial charge >= 0.3 is 0 Å². The van der Waals surface area contributed by atoms with E-state index >= 15 is 0 Å². The SMILES string of the molecule is C1=C(c2ccccc2)N=C(c2ccc3oc4cccc(-n5c6ccccc6c6ccc7c(c8ccccc8n7-c7ccccc7)c65)c4c3c2)NC1c1ccccc1. The number of hydrogen-bond donors (Lipinski definition) is 1. The molecule has 0 aliphatic carbocycles. The normalized spacial score (nSPS) is 14.5. The van der Waals surface area contributed by atoms with Gasteiger partial charge in [0.1, 0.15) is 17.0 Å². The molecule has 5 nitrogen and oxygen atoms in total. The summed E-state index contributed by atoms with van der Waals surface area (Å²) in [5.74, 6) is 0.825. The van der Waals surface area contributed by atoms with Gasteiger partial charge in [0.25, 0.3) is 0 Å². The fourth-order valence-corrected chi connectivity index (χ4v) is 9.05. The van der Waals surface area contributed by atoms with Crippen molar-refractivity contribution in [3.05, 3.63) is 211 Å². The van der Waals surface area contributed by atoms with Crippen LogP contribution in [-0.2, 0) is 0 Å². The van der Waals surface area contributed by atoms with Gasteiger partial charge in [0, 0.05) is 38.2 Å². The summed E-state index contributed by atoms with van der Waals surface area (Å²) in [5.41, 5.74) is 12.8. The van der Waals surface area contributed by atoms with Crippen LogP contribution in [0.1, 0.15) is 22.7 Å². The highest BCUT2D eigenvalue weighted by Crippen LogP contribution is 2.44. The van der Waals surface area contributed by atoms with Crippen LogP contribution < -0.4 is 5.32 Å². The van der Waals surface area contributed by atoms with Crippen LogP contribution in [0.3, 0.4) is 0 Å². The molecule has 0 spiro atoms. The average molecular weight is 731 g/mol. The number of fused-ring (bicyclic) bond motifs is 10. The Labute approximate surface area is 328 Å². The van der Waals surface area contributed by atoms with E-state index < -0.39 is 0 Å². The standard InChI is InChI=1S/C52H34N4O/c1-4-15-33(16-5-1)41-32-42(34-17-6-2-7-18-34)54-52(53-41)35-27-30-47-40(31-35)49-45(25-14-26-48(49)57-47)56-43-23-12-10-21-37(43)38-28-29-46-50(51(38)56)39-22-11-13-24-44(39)55(46)36-19-8-3-9-20-36/h1-32,41H,(H,53,54). The fraction of sp³-hybridized carbons (Fsp3) is 0.0192. The largest absolute Gasteiger partial charge is 0.456 e. The number of para-hydroxylation sites is 3. The molecule has 1 atom stereocenters. The van der Waals surface area contributed by atoms with E-state index in [9.17, 15) is 0 Å². The van der Waals surface area contributed by atoms with Gasteiger partial charge in [-0.15, -0.1) is 0 Å². The van der Waals surface area contributed by atoms with E-state index in [4.69, 9.17) is 9.41 Å². The minimum Gasteiger partial charge on any atom is -0.456 e. The summed E-state index contributed by atoms with van der Waals surface area (Å²) in [5, 5.41) is 10.7. The van der Waals surface area contributed by atoms with Gasteiger partial charge < -0.3 is 18.9 Å². The smallest absolute Gasteiger partial charge is 0.137 e. The second kappa shape index (κ2) is 12.4. The lowest BCUT2D eigenvalue weighted by Gasteiger charge is -2.24. The number of nitrogens with one attached hydrogen (secondary N) is 1. The van der Waals surface area contributed by atoms with Crippen molar-refractivity contribution < 1.29 is 4.42 Å². The van der Waals surface area contributed by atoms with Gasteiger partial charge in [0.2, 0.25) is 0 Å². The molecule has 1 unspecified atom stereocenters. The molecule has 12 rings (SSSR count). The topological polar surface area (TPSA) is 47.4 Å². The molecule has 268 valence electrons. The Morgan fingerprint density at radius 1 is 0.474 bits per heavy atom. The van der Waals surface area contributed by atoms with Crippen LogP contribution in [0.5, 0.6) is 0 Å². The van der Waals surface area contributed by atoms with Crippen LogP contribution in [-0.4, -0.2) is 15.0 Å². The van der Waals surface area contributed by atoms with Crippen molar-refractivity contribution >= 4 is 77.1 Å². The number of nitrogens with zero attached hydrogens (tertiary/aromatic N) is 3. The van der Waals surface area contributed by atoms with E-state index in [0.29, 0.717) is 0 Å². The third kappa shape index (κ3) is 4.85. The molecule has 0 saturated carbocycles. The summed E-state index contributed by atoms with van der Waals surface area (Å²) in [6.45, 7) is 0. The average Bonchev–Trinajstić information content (AvgIpc) is 3.94. The molecular formula is C52H34N4O. The quantitative estimate of drug-likeness (QED) is 0.192. The molecule has 0 saturated heterocycles. The van der Waals surface area contributed by atoms with Crippen molar-refractivity contribution in [1.29, 1.82) is 0 Å². The highest BCUT2D eigenvalue weighted by Gasteiger charge is 2.24. The van der Waals surface area contributed by atoms with Gasteiger partial charge in [0.15, 0.2) is 0 Å². The molecule has 0 amide bonds. The van der Waals surface area contributed by atoms with Crippen molar-refractivity contribution in [2.24, 2.45) is 4.99 Å². The monoisotopic (exact) mass is 730 g/mol. The number of amidine groups is 1. The predicted octanol–water partition coefficient (Wildman–Crippen LogP) is 12.9. The summed E-state index contributed by atoms with van der Waals surface area (Å²) in [6.07, 6.45) is 2.22. The Balaban J connectivity index is 1.12. The van der Waals surface area contributed by atoms with Crippen LogP contribution in [0.15, 0.2) is 204 Å². The van der Waals surface area contributed by atoms with Crippen molar-refractivity contribution in [1.82, 2.24) is 14.5 Å². The first kappa shape index (κ1) is 31.7. The Kier molecular flexibility index (Phi) is 6.92. The van der Waals surface area contributed by atoms with Gasteiger partial charge in [-0.1, -0.05) is 127 Å². The second-order valence-electron chi connectivity index (χ2n) is 14.8. The van der Waals surface area contributed by atoms with Crippen molar-refractivity contribution in [3.8, 4) is 11.4 Å². The van der Waals surface area contributed by atoms with E-state index in [1.807, 2.05) is 6.07 Å². The number of rotatable bonds is 5. The summed E-state index contributed by atoms with van der Waals surface area (Å²) in [6, 6.07) is 66.7. The predicted molar refractivity (Wildman–Crippen MR) is 236 cm³/mol. The van der Waals surface area contributed by atoms with E-state index in [0.717, 1.165) is 61.5 Å².